The minimum absolute atomic E-state index is 0.0576. The number of carbonyl (C=O) groups is 1. The molecule has 4 rings (SSSR count). The first-order chi connectivity index (χ1) is 15.7. The van der Waals surface area contributed by atoms with E-state index in [9.17, 15) is 4.79 Å². The van der Waals surface area contributed by atoms with Crippen molar-refractivity contribution in [3.8, 4) is 11.5 Å². The van der Waals surface area contributed by atoms with Gasteiger partial charge in [-0.25, -0.2) is 0 Å². The molecule has 1 saturated heterocycles. The highest BCUT2D eigenvalue weighted by atomic mass is 16.5. The minimum atomic E-state index is -0.0576. The van der Waals surface area contributed by atoms with Crippen LogP contribution in [0.2, 0.25) is 0 Å². The molecule has 0 radical (unpaired) electrons. The van der Waals surface area contributed by atoms with Crippen LogP contribution in [0.5, 0.6) is 11.5 Å². The number of ether oxygens (including phenoxy) is 3. The Hall–Kier alpha value is -3.19. The van der Waals surface area contributed by atoms with Crippen LogP contribution < -0.4 is 19.7 Å². The van der Waals surface area contributed by atoms with Gasteiger partial charge in [-0.2, -0.15) is 0 Å². The van der Waals surface area contributed by atoms with Crippen molar-refractivity contribution in [2.45, 2.75) is 26.7 Å². The summed E-state index contributed by atoms with van der Waals surface area (Å²) in [5, 5.41) is 4.19. The first-order valence-electron chi connectivity index (χ1n) is 11.3. The van der Waals surface area contributed by atoms with Gasteiger partial charge in [0.05, 0.1) is 37.8 Å². The Kier molecular flexibility index (Phi) is 7.17. The Morgan fingerprint density at radius 3 is 2.62 bits per heavy atom. The number of nitrogens with zero attached hydrogens (tertiary/aromatic N) is 1. The second-order valence-electron chi connectivity index (χ2n) is 7.69. The summed E-state index contributed by atoms with van der Waals surface area (Å²) in [6.07, 6.45) is 3.01. The summed E-state index contributed by atoms with van der Waals surface area (Å²) >= 11 is 0. The Bertz CT molecular complexity index is 1060. The van der Waals surface area contributed by atoms with E-state index in [1.54, 1.807) is 0 Å². The topological polar surface area (TPSA) is 75.8 Å². The molecule has 1 aromatic heterocycles. The molecular formula is C25H31N3O4. The summed E-state index contributed by atoms with van der Waals surface area (Å²) in [5.74, 6) is 1.33. The number of para-hydroxylation sites is 1. The number of hydrogen-bond acceptors (Lipinski definition) is 5. The van der Waals surface area contributed by atoms with E-state index in [0.717, 1.165) is 41.0 Å². The van der Waals surface area contributed by atoms with Crippen molar-refractivity contribution in [3.05, 3.63) is 48.2 Å². The molecule has 2 aromatic carbocycles. The van der Waals surface area contributed by atoms with Gasteiger partial charge in [-0.05, 0) is 31.9 Å². The van der Waals surface area contributed by atoms with E-state index >= 15 is 0 Å². The molecule has 0 atom stereocenters. The molecule has 32 heavy (non-hydrogen) atoms. The van der Waals surface area contributed by atoms with Crippen molar-refractivity contribution in [1.29, 1.82) is 0 Å². The summed E-state index contributed by atoms with van der Waals surface area (Å²) in [5.41, 5.74) is 3.83. The third kappa shape index (κ3) is 4.99. The third-order valence-corrected chi connectivity index (χ3v) is 5.58. The van der Waals surface area contributed by atoms with E-state index in [0.29, 0.717) is 50.7 Å². The fraction of sp³-hybridized carbons (Fsp3) is 0.400. The van der Waals surface area contributed by atoms with Crippen LogP contribution in [-0.2, 0) is 16.0 Å². The lowest BCUT2D eigenvalue weighted by molar-refractivity contribution is -0.116. The zero-order valence-electron chi connectivity index (χ0n) is 18.8. The van der Waals surface area contributed by atoms with Crippen LogP contribution in [0.4, 0.5) is 11.4 Å². The molecule has 0 bridgehead atoms. The Morgan fingerprint density at radius 2 is 1.84 bits per heavy atom. The van der Waals surface area contributed by atoms with Gasteiger partial charge in [0.25, 0.3) is 0 Å². The SMILES string of the molecule is CCOc1cc(N2CCOCC2)c(OCC)cc1NC(=O)CCc1c[nH]c2ccccc12. The van der Waals surface area contributed by atoms with Crippen LogP contribution in [0.25, 0.3) is 10.9 Å². The largest absolute Gasteiger partial charge is 0.492 e. The maximum Gasteiger partial charge on any atom is 0.224 e. The molecule has 0 aliphatic carbocycles. The quantitative estimate of drug-likeness (QED) is 0.520. The normalized spacial score (nSPS) is 13.9. The predicted octanol–water partition coefficient (Wildman–Crippen LogP) is 4.37. The summed E-state index contributed by atoms with van der Waals surface area (Å²) < 4.78 is 17.3. The fourth-order valence-corrected chi connectivity index (χ4v) is 4.04. The predicted molar refractivity (Wildman–Crippen MR) is 127 cm³/mol. The van der Waals surface area contributed by atoms with Gasteiger partial charge in [0, 0.05) is 48.7 Å². The van der Waals surface area contributed by atoms with Crippen molar-refractivity contribution >= 4 is 28.2 Å². The van der Waals surface area contributed by atoms with E-state index in [-0.39, 0.29) is 5.91 Å². The highest BCUT2D eigenvalue weighted by Crippen LogP contribution is 2.39. The van der Waals surface area contributed by atoms with Gasteiger partial charge in [0.15, 0.2) is 0 Å². The number of benzene rings is 2. The lowest BCUT2D eigenvalue weighted by Gasteiger charge is -2.31. The Balaban J connectivity index is 1.51. The van der Waals surface area contributed by atoms with E-state index in [1.807, 2.05) is 50.4 Å². The Labute approximate surface area is 188 Å². The van der Waals surface area contributed by atoms with Crippen LogP contribution in [0.1, 0.15) is 25.8 Å². The summed E-state index contributed by atoms with van der Waals surface area (Å²) in [7, 11) is 0. The zero-order chi connectivity index (χ0) is 22.3. The van der Waals surface area contributed by atoms with E-state index in [2.05, 4.69) is 21.3 Å². The van der Waals surface area contributed by atoms with Gasteiger partial charge in [0.2, 0.25) is 5.91 Å². The number of nitrogens with one attached hydrogen (secondary N) is 2. The summed E-state index contributed by atoms with van der Waals surface area (Å²) in [4.78, 5) is 18.3. The zero-order valence-corrected chi connectivity index (χ0v) is 18.8. The van der Waals surface area contributed by atoms with Gasteiger partial charge < -0.3 is 29.4 Å². The number of morpholine rings is 1. The van der Waals surface area contributed by atoms with E-state index in [1.165, 1.54) is 0 Å². The maximum atomic E-state index is 12.8. The standard InChI is InChI=1S/C25H31N3O4/c1-3-31-23-16-22(28-11-13-30-14-12-28)24(32-4-2)15-21(23)27-25(29)10-9-18-17-26-20-8-6-5-7-19(18)20/h5-8,15-17,26H,3-4,9-14H2,1-2H3,(H,27,29). The number of carbonyl (C=O) groups excluding carboxylic acids is 1. The van der Waals surface area contributed by atoms with Gasteiger partial charge in [-0.3, -0.25) is 4.79 Å². The summed E-state index contributed by atoms with van der Waals surface area (Å²) in [6.45, 7) is 7.90. The van der Waals surface area contributed by atoms with Crippen molar-refractivity contribution in [2.75, 3.05) is 49.7 Å². The molecule has 7 nitrogen and oxygen atoms in total. The number of rotatable bonds is 9. The molecule has 0 spiro atoms. The molecule has 1 aliphatic heterocycles. The molecule has 170 valence electrons. The van der Waals surface area contributed by atoms with Crippen molar-refractivity contribution in [1.82, 2.24) is 4.98 Å². The Morgan fingerprint density at radius 1 is 1.09 bits per heavy atom. The van der Waals surface area contributed by atoms with E-state index < -0.39 is 0 Å². The molecule has 1 aliphatic rings. The second kappa shape index (κ2) is 10.4. The number of hydrogen-bond donors (Lipinski definition) is 2. The number of amides is 1. The molecule has 1 amide bonds. The average molecular weight is 438 g/mol. The van der Waals surface area contributed by atoms with Gasteiger partial charge >= 0.3 is 0 Å². The molecule has 2 heterocycles. The minimum Gasteiger partial charge on any atom is -0.492 e. The lowest BCUT2D eigenvalue weighted by Crippen LogP contribution is -2.36. The number of H-pyrrole nitrogens is 1. The highest BCUT2D eigenvalue weighted by molar-refractivity contribution is 5.94. The maximum absolute atomic E-state index is 12.8. The van der Waals surface area contributed by atoms with Crippen LogP contribution in [0.3, 0.4) is 0 Å². The second-order valence-corrected chi connectivity index (χ2v) is 7.69. The van der Waals surface area contributed by atoms with Crippen molar-refractivity contribution < 1.29 is 19.0 Å². The van der Waals surface area contributed by atoms with E-state index in [4.69, 9.17) is 14.2 Å². The van der Waals surface area contributed by atoms with Crippen molar-refractivity contribution in [2.24, 2.45) is 0 Å². The molecule has 7 heteroatoms. The molecule has 3 aromatic rings. The molecular weight excluding hydrogens is 406 g/mol. The van der Waals surface area contributed by atoms with Crippen LogP contribution in [-0.4, -0.2) is 50.4 Å². The number of aromatic nitrogens is 1. The smallest absolute Gasteiger partial charge is 0.224 e. The van der Waals surface area contributed by atoms with Crippen LogP contribution >= 0.6 is 0 Å². The van der Waals surface area contributed by atoms with Gasteiger partial charge in [-0.1, -0.05) is 18.2 Å². The molecule has 2 N–H and O–H groups in total. The van der Waals surface area contributed by atoms with Crippen LogP contribution in [0, 0.1) is 0 Å². The summed E-state index contributed by atoms with van der Waals surface area (Å²) in [6, 6.07) is 12.0. The molecule has 1 fully saturated rings. The first kappa shape index (κ1) is 22.0. The van der Waals surface area contributed by atoms with Crippen LogP contribution in [0.15, 0.2) is 42.6 Å². The molecule has 0 saturated carbocycles. The third-order valence-electron chi connectivity index (χ3n) is 5.58. The lowest BCUT2D eigenvalue weighted by atomic mass is 10.1. The first-order valence-corrected chi connectivity index (χ1v) is 11.3. The number of fused-ring (bicyclic) bond motifs is 1. The monoisotopic (exact) mass is 437 g/mol. The van der Waals surface area contributed by atoms with Gasteiger partial charge in [0.1, 0.15) is 11.5 Å². The van der Waals surface area contributed by atoms with Gasteiger partial charge in [-0.15, -0.1) is 0 Å². The average Bonchev–Trinajstić information content (AvgIpc) is 3.23. The van der Waals surface area contributed by atoms with Crippen molar-refractivity contribution in [3.63, 3.8) is 0 Å². The number of aryl methyl sites for hydroxylation is 1. The highest BCUT2D eigenvalue weighted by Gasteiger charge is 2.20. The number of aromatic amines is 1. The fourth-order valence-electron chi connectivity index (χ4n) is 4.04. The molecule has 0 unspecified atom stereocenters. The number of anilines is 2.